The average Bonchev–Trinajstić information content (AvgIpc) is 2.49. The minimum absolute atomic E-state index is 0.290. The van der Waals surface area contributed by atoms with Gasteiger partial charge in [0, 0.05) is 27.7 Å². The normalized spacial score (nSPS) is 27.6. The van der Waals surface area contributed by atoms with Crippen molar-refractivity contribution in [2.24, 2.45) is 0 Å². The van der Waals surface area contributed by atoms with Crippen LogP contribution in [0.3, 0.4) is 0 Å². The van der Waals surface area contributed by atoms with E-state index in [-0.39, 0.29) is 13.0 Å². The van der Waals surface area contributed by atoms with Crippen LogP contribution in [0.4, 0.5) is 0 Å². The van der Waals surface area contributed by atoms with Gasteiger partial charge in [0.2, 0.25) is 12.7 Å². The molecule has 0 aromatic heterocycles. The molecule has 0 aromatic carbocycles. The van der Waals surface area contributed by atoms with Gasteiger partial charge in [-0.25, -0.2) is 0 Å². The molecule has 3 unspecified atom stereocenters. The van der Waals surface area contributed by atoms with Gasteiger partial charge in [0.15, 0.2) is 12.2 Å². The summed E-state index contributed by atoms with van der Waals surface area (Å²) in [6.45, 7) is 4.14. The Labute approximate surface area is 149 Å². The van der Waals surface area contributed by atoms with Crippen LogP contribution in [0.1, 0.15) is 27.7 Å². The highest BCUT2D eigenvalue weighted by Crippen LogP contribution is 2.27. The zero-order chi connectivity index (χ0) is 19.9. The van der Waals surface area contributed by atoms with Crippen LogP contribution in [0.2, 0.25) is 0 Å². The third-order valence-corrected chi connectivity index (χ3v) is 3.24. The van der Waals surface area contributed by atoms with Crippen LogP contribution < -0.4 is 5.32 Å². The van der Waals surface area contributed by atoms with Crippen molar-refractivity contribution in [3.8, 4) is 0 Å². The van der Waals surface area contributed by atoms with Crippen molar-refractivity contribution in [3.05, 3.63) is 0 Å². The molecule has 0 bridgehead atoms. The largest absolute Gasteiger partial charge is 0.463 e. The zero-order valence-corrected chi connectivity index (χ0v) is 14.8. The fraction of sp³-hybridized carbons (Fsp3) is 0.667. The summed E-state index contributed by atoms with van der Waals surface area (Å²) in [5.74, 6) is -2.82. The van der Waals surface area contributed by atoms with E-state index in [9.17, 15) is 24.0 Å². The number of amides is 1. The number of carbonyl (C=O) groups is 5. The molecular weight excluding hydrogens is 354 g/mol. The monoisotopic (exact) mass is 375 g/mol. The SMILES string of the molecule is CC(=O)OCC1O[C@@H](OC(C)=O)C(NC=O)C(OC(C)=O)[C@@H]1OC(C)=O. The van der Waals surface area contributed by atoms with Gasteiger partial charge in [-0.1, -0.05) is 0 Å². The number of esters is 4. The number of carbonyl (C=O) groups excluding carboxylic acids is 5. The summed E-state index contributed by atoms with van der Waals surface area (Å²) in [7, 11) is 0. The Morgan fingerprint density at radius 2 is 1.42 bits per heavy atom. The van der Waals surface area contributed by atoms with Crippen molar-refractivity contribution in [3.63, 3.8) is 0 Å². The van der Waals surface area contributed by atoms with E-state index in [0.29, 0.717) is 0 Å². The van der Waals surface area contributed by atoms with Gasteiger partial charge >= 0.3 is 23.9 Å². The van der Waals surface area contributed by atoms with E-state index >= 15 is 0 Å². The molecule has 1 N–H and O–H groups in total. The molecule has 0 saturated carbocycles. The van der Waals surface area contributed by atoms with E-state index < -0.39 is 54.5 Å². The van der Waals surface area contributed by atoms with E-state index in [1.54, 1.807) is 0 Å². The van der Waals surface area contributed by atoms with Gasteiger partial charge < -0.3 is 29.0 Å². The van der Waals surface area contributed by atoms with Gasteiger partial charge in [0.25, 0.3) is 0 Å². The highest BCUT2D eigenvalue weighted by atomic mass is 16.7. The average molecular weight is 375 g/mol. The fourth-order valence-corrected chi connectivity index (χ4v) is 2.42. The molecule has 0 aliphatic carbocycles. The lowest BCUT2D eigenvalue weighted by Crippen LogP contribution is -2.66. The Morgan fingerprint density at radius 3 is 1.88 bits per heavy atom. The summed E-state index contributed by atoms with van der Waals surface area (Å²) in [4.78, 5) is 56.3. The van der Waals surface area contributed by atoms with Gasteiger partial charge in [-0.15, -0.1) is 0 Å². The summed E-state index contributed by atoms with van der Waals surface area (Å²) < 4.78 is 25.7. The second-order valence-corrected chi connectivity index (χ2v) is 5.41. The summed E-state index contributed by atoms with van der Waals surface area (Å²) >= 11 is 0. The Bertz CT molecular complexity index is 563. The lowest BCUT2D eigenvalue weighted by Gasteiger charge is -2.44. The van der Waals surface area contributed by atoms with Gasteiger partial charge in [-0.05, 0) is 0 Å². The highest BCUT2D eigenvalue weighted by molar-refractivity contribution is 5.68. The van der Waals surface area contributed by atoms with Crippen LogP contribution in [0.15, 0.2) is 0 Å². The molecule has 1 amide bonds. The Balaban J connectivity index is 3.23. The number of nitrogens with one attached hydrogen (secondary N) is 1. The molecule has 1 aliphatic rings. The molecule has 0 spiro atoms. The molecule has 0 radical (unpaired) electrons. The Morgan fingerprint density at radius 1 is 0.885 bits per heavy atom. The molecule has 26 heavy (non-hydrogen) atoms. The van der Waals surface area contributed by atoms with E-state index in [1.165, 1.54) is 0 Å². The van der Waals surface area contributed by atoms with E-state index in [0.717, 1.165) is 27.7 Å². The first kappa shape index (κ1) is 21.4. The molecule has 1 saturated heterocycles. The van der Waals surface area contributed by atoms with Crippen molar-refractivity contribution in [2.45, 2.75) is 58.3 Å². The summed E-state index contributed by atoms with van der Waals surface area (Å²) in [6.07, 6.45) is -4.66. The standard InChI is InChI=1S/C15H21NO10/c1-7(18)22-5-11-13(23-8(2)19)14(24-9(3)20)12(16-6-17)15(26-11)25-10(4)21/h6,11-15H,5H2,1-4H3,(H,16,17)/t11?,12?,13-,14?,15-/m1/s1. The van der Waals surface area contributed by atoms with Crippen molar-refractivity contribution in [1.82, 2.24) is 5.32 Å². The topological polar surface area (TPSA) is 144 Å². The molecule has 0 aromatic rings. The maximum absolute atomic E-state index is 11.5. The summed E-state index contributed by atoms with van der Waals surface area (Å²) in [5.41, 5.74) is 0. The molecule has 1 aliphatic heterocycles. The molecule has 1 heterocycles. The first-order chi connectivity index (χ1) is 12.1. The van der Waals surface area contributed by atoms with Crippen LogP contribution in [-0.2, 0) is 47.7 Å². The van der Waals surface area contributed by atoms with E-state index in [2.05, 4.69) is 5.32 Å². The second-order valence-electron chi connectivity index (χ2n) is 5.41. The van der Waals surface area contributed by atoms with Crippen LogP contribution >= 0.6 is 0 Å². The Hall–Kier alpha value is -2.69. The maximum atomic E-state index is 11.5. The lowest BCUT2D eigenvalue weighted by atomic mass is 9.96. The maximum Gasteiger partial charge on any atom is 0.305 e. The van der Waals surface area contributed by atoms with Crippen LogP contribution in [0.25, 0.3) is 0 Å². The predicted octanol–water partition coefficient (Wildman–Crippen LogP) is -1.18. The number of hydrogen-bond acceptors (Lipinski definition) is 10. The van der Waals surface area contributed by atoms with Crippen molar-refractivity contribution < 1.29 is 47.7 Å². The molecule has 11 nitrogen and oxygen atoms in total. The molecule has 5 atom stereocenters. The summed E-state index contributed by atoms with van der Waals surface area (Å²) in [5, 5.41) is 2.32. The van der Waals surface area contributed by atoms with E-state index in [1.807, 2.05) is 0 Å². The van der Waals surface area contributed by atoms with Crippen molar-refractivity contribution >= 4 is 30.3 Å². The smallest absolute Gasteiger partial charge is 0.305 e. The van der Waals surface area contributed by atoms with Crippen molar-refractivity contribution in [1.29, 1.82) is 0 Å². The number of rotatable bonds is 7. The van der Waals surface area contributed by atoms with Gasteiger partial charge in [0.05, 0.1) is 0 Å². The molecule has 1 rings (SSSR count). The first-order valence-corrected chi connectivity index (χ1v) is 7.65. The second kappa shape index (κ2) is 9.70. The van der Waals surface area contributed by atoms with Gasteiger partial charge in [-0.2, -0.15) is 0 Å². The third kappa shape index (κ3) is 6.31. The minimum atomic E-state index is -1.37. The van der Waals surface area contributed by atoms with Crippen LogP contribution in [0, 0.1) is 0 Å². The first-order valence-electron chi connectivity index (χ1n) is 7.65. The lowest BCUT2D eigenvalue weighted by molar-refractivity contribution is -0.270. The quantitative estimate of drug-likeness (QED) is 0.328. The van der Waals surface area contributed by atoms with E-state index in [4.69, 9.17) is 23.7 Å². The molecule has 146 valence electrons. The van der Waals surface area contributed by atoms with Crippen molar-refractivity contribution in [2.75, 3.05) is 6.61 Å². The zero-order valence-electron chi connectivity index (χ0n) is 14.8. The third-order valence-electron chi connectivity index (χ3n) is 3.24. The summed E-state index contributed by atoms with van der Waals surface area (Å²) in [6, 6.07) is -1.15. The molecule has 11 heteroatoms. The Kier molecular flexibility index (Phi) is 7.97. The minimum Gasteiger partial charge on any atom is -0.463 e. The van der Waals surface area contributed by atoms with Gasteiger partial charge in [-0.3, -0.25) is 24.0 Å². The predicted molar refractivity (Wildman–Crippen MR) is 81.2 cm³/mol. The van der Waals surface area contributed by atoms with Gasteiger partial charge in [0.1, 0.15) is 18.8 Å². The van der Waals surface area contributed by atoms with Crippen LogP contribution in [-0.4, -0.2) is 67.5 Å². The van der Waals surface area contributed by atoms with Crippen LogP contribution in [0.5, 0.6) is 0 Å². The molecular formula is C15H21NO10. The molecule has 1 fully saturated rings. The fourth-order valence-electron chi connectivity index (χ4n) is 2.42. The number of ether oxygens (including phenoxy) is 5. The highest BCUT2D eigenvalue weighted by Gasteiger charge is 2.51. The number of hydrogen-bond donors (Lipinski definition) is 1.